The molecule has 1 saturated carbocycles. The molecule has 0 bridgehead atoms. The van der Waals surface area contributed by atoms with Crippen molar-refractivity contribution in [1.29, 1.82) is 0 Å². The van der Waals surface area contributed by atoms with Gasteiger partial charge in [0.2, 0.25) is 10.0 Å². The minimum absolute atomic E-state index is 0. The number of hydrogen-bond donors (Lipinski definition) is 1. The van der Waals surface area contributed by atoms with Crippen LogP contribution < -0.4 is 5.32 Å². The quantitative estimate of drug-likeness (QED) is 0.790. The second-order valence-electron chi connectivity index (χ2n) is 6.49. The molecule has 0 aromatic heterocycles. The summed E-state index contributed by atoms with van der Waals surface area (Å²) in [5.74, 6) is 0.867. The molecule has 1 aromatic carbocycles. The van der Waals surface area contributed by atoms with Crippen molar-refractivity contribution in [1.82, 2.24) is 9.62 Å². The van der Waals surface area contributed by atoms with Gasteiger partial charge in [-0.2, -0.15) is 4.31 Å². The van der Waals surface area contributed by atoms with Gasteiger partial charge in [-0.15, -0.1) is 12.4 Å². The van der Waals surface area contributed by atoms with Crippen molar-refractivity contribution < 1.29 is 8.42 Å². The number of nitrogens with zero attached hydrogens (tertiary/aromatic N) is 1. The van der Waals surface area contributed by atoms with Crippen LogP contribution in [0.1, 0.15) is 31.2 Å². The predicted octanol–water partition coefficient (Wildman–Crippen LogP) is 3.33. The maximum Gasteiger partial charge on any atom is 0.243 e. The van der Waals surface area contributed by atoms with Crippen molar-refractivity contribution >= 4 is 38.4 Å². The Bertz CT molecular complexity index is 621. The standard InChI is InChI=1S/C16H23BrN2O2S.ClH/c1-12-8-14(17)10-16(9-12)22(20,21)19-6-4-15(5-7-19)18-11-13-2-3-13;/h8-10,13,15,18H,2-7,11H2,1H3;1H. The molecule has 1 aliphatic heterocycles. The number of halogens is 2. The van der Waals surface area contributed by atoms with E-state index in [4.69, 9.17) is 0 Å². The van der Waals surface area contributed by atoms with E-state index in [1.54, 1.807) is 16.4 Å². The molecule has 0 radical (unpaired) electrons. The van der Waals surface area contributed by atoms with E-state index >= 15 is 0 Å². The van der Waals surface area contributed by atoms with E-state index in [0.717, 1.165) is 35.3 Å². The third-order valence-electron chi connectivity index (χ3n) is 4.50. The molecule has 4 nitrogen and oxygen atoms in total. The average Bonchev–Trinajstić information content (AvgIpc) is 3.29. The molecule has 1 saturated heterocycles. The third kappa shape index (κ3) is 4.92. The lowest BCUT2D eigenvalue weighted by molar-refractivity contribution is 0.288. The summed E-state index contributed by atoms with van der Waals surface area (Å²) in [6, 6.07) is 5.83. The molecule has 1 heterocycles. The molecular formula is C16H24BrClN2O2S. The molecule has 2 fully saturated rings. The van der Waals surface area contributed by atoms with Gasteiger partial charge in [-0.05, 0) is 68.8 Å². The highest BCUT2D eigenvalue weighted by atomic mass is 79.9. The summed E-state index contributed by atoms with van der Waals surface area (Å²) in [5.41, 5.74) is 0.953. The zero-order chi connectivity index (χ0) is 15.7. The van der Waals surface area contributed by atoms with Gasteiger partial charge in [0.1, 0.15) is 0 Å². The highest BCUT2D eigenvalue weighted by molar-refractivity contribution is 9.10. The molecule has 7 heteroatoms. The number of sulfonamides is 1. The molecule has 3 rings (SSSR count). The maximum absolute atomic E-state index is 12.8. The Hall–Kier alpha value is -0.140. The van der Waals surface area contributed by atoms with Crippen LogP contribution in [0, 0.1) is 12.8 Å². The predicted molar refractivity (Wildman–Crippen MR) is 98.6 cm³/mol. The number of nitrogens with one attached hydrogen (secondary N) is 1. The van der Waals surface area contributed by atoms with Crippen LogP contribution in [-0.2, 0) is 10.0 Å². The van der Waals surface area contributed by atoms with Gasteiger partial charge >= 0.3 is 0 Å². The Morgan fingerprint density at radius 1 is 1.17 bits per heavy atom. The van der Waals surface area contributed by atoms with Crippen LogP contribution in [0.4, 0.5) is 0 Å². The van der Waals surface area contributed by atoms with E-state index in [1.165, 1.54) is 12.8 Å². The molecule has 0 spiro atoms. The van der Waals surface area contributed by atoms with Gasteiger partial charge in [0.25, 0.3) is 0 Å². The number of aryl methyl sites for hydroxylation is 1. The van der Waals surface area contributed by atoms with Crippen molar-refractivity contribution in [2.24, 2.45) is 5.92 Å². The lowest BCUT2D eigenvalue weighted by atomic mass is 10.1. The van der Waals surface area contributed by atoms with E-state index in [-0.39, 0.29) is 12.4 Å². The second-order valence-corrected chi connectivity index (χ2v) is 9.35. The summed E-state index contributed by atoms with van der Waals surface area (Å²) in [6.45, 7) is 4.23. The molecule has 0 atom stereocenters. The van der Waals surface area contributed by atoms with Gasteiger partial charge in [0, 0.05) is 23.6 Å². The second kappa shape index (κ2) is 7.83. The normalized spacial score (nSPS) is 20.3. The van der Waals surface area contributed by atoms with Gasteiger partial charge in [-0.1, -0.05) is 15.9 Å². The molecule has 23 heavy (non-hydrogen) atoms. The highest BCUT2D eigenvalue weighted by Gasteiger charge is 2.30. The Morgan fingerprint density at radius 3 is 2.39 bits per heavy atom. The van der Waals surface area contributed by atoms with Crippen molar-refractivity contribution in [2.45, 2.75) is 43.5 Å². The van der Waals surface area contributed by atoms with Crippen LogP contribution >= 0.6 is 28.3 Å². The van der Waals surface area contributed by atoms with Crippen molar-refractivity contribution in [3.05, 3.63) is 28.2 Å². The van der Waals surface area contributed by atoms with Gasteiger partial charge in [-0.3, -0.25) is 0 Å². The number of benzene rings is 1. The number of rotatable bonds is 5. The highest BCUT2D eigenvalue weighted by Crippen LogP contribution is 2.29. The van der Waals surface area contributed by atoms with Gasteiger partial charge in [0.05, 0.1) is 4.90 Å². The first-order valence-electron chi connectivity index (χ1n) is 7.96. The van der Waals surface area contributed by atoms with E-state index < -0.39 is 10.0 Å². The van der Waals surface area contributed by atoms with Crippen LogP contribution in [0.15, 0.2) is 27.6 Å². The van der Waals surface area contributed by atoms with Crippen LogP contribution in [-0.4, -0.2) is 38.4 Å². The molecule has 0 amide bonds. The summed E-state index contributed by atoms with van der Waals surface area (Å²) >= 11 is 3.39. The largest absolute Gasteiger partial charge is 0.314 e. The Labute approximate surface area is 153 Å². The van der Waals surface area contributed by atoms with Crippen molar-refractivity contribution in [3.8, 4) is 0 Å². The van der Waals surface area contributed by atoms with Crippen LogP contribution in [0.3, 0.4) is 0 Å². The number of piperidine rings is 1. The van der Waals surface area contributed by atoms with E-state index in [1.807, 2.05) is 13.0 Å². The molecule has 2 aliphatic rings. The molecule has 1 aromatic rings. The summed E-state index contributed by atoms with van der Waals surface area (Å²) < 4.78 is 28.0. The topological polar surface area (TPSA) is 49.4 Å². The Balaban J connectivity index is 0.00000192. The van der Waals surface area contributed by atoms with E-state index in [2.05, 4.69) is 21.2 Å². The summed E-state index contributed by atoms with van der Waals surface area (Å²) in [7, 11) is -3.37. The summed E-state index contributed by atoms with van der Waals surface area (Å²) in [5, 5.41) is 3.58. The Morgan fingerprint density at radius 2 is 1.83 bits per heavy atom. The monoisotopic (exact) mass is 422 g/mol. The lowest BCUT2D eigenvalue weighted by Crippen LogP contribution is -2.45. The molecule has 1 N–H and O–H groups in total. The molecular weight excluding hydrogens is 400 g/mol. The number of hydrogen-bond acceptors (Lipinski definition) is 3. The zero-order valence-electron chi connectivity index (χ0n) is 13.3. The van der Waals surface area contributed by atoms with Crippen LogP contribution in [0.25, 0.3) is 0 Å². The van der Waals surface area contributed by atoms with Crippen molar-refractivity contribution in [2.75, 3.05) is 19.6 Å². The zero-order valence-corrected chi connectivity index (χ0v) is 16.5. The molecule has 0 unspecified atom stereocenters. The summed E-state index contributed by atoms with van der Waals surface area (Å²) in [4.78, 5) is 0.392. The average molecular weight is 424 g/mol. The smallest absolute Gasteiger partial charge is 0.243 e. The SMILES string of the molecule is Cc1cc(Br)cc(S(=O)(=O)N2CCC(NCC3CC3)CC2)c1.Cl. The maximum atomic E-state index is 12.8. The van der Waals surface area contributed by atoms with Crippen LogP contribution in [0.2, 0.25) is 0 Å². The van der Waals surface area contributed by atoms with Crippen LogP contribution in [0.5, 0.6) is 0 Å². The van der Waals surface area contributed by atoms with E-state index in [9.17, 15) is 8.42 Å². The van der Waals surface area contributed by atoms with E-state index in [0.29, 0.717) is 24.0 Å². The first-order chi connectivity index (χ1) is 10.4. The molecule has 1 aliphatic carbocycles. The fourth-order valence-corrected chi connectivity index (χ4v) is 5.32. The van der Waals surface area contributed by atoms with Gasteiger partial charge in [-0.25, -0.2) is 8.42 Å². The third-order valence-corrected chi connectivity index (χ3v) is 6.83. The Kier molecular flexibility index (Phi) is 6.53. The first kappa shape index (κ1) is 19.2. The minimum atomic E-state index is -3.37. The fraction of sp³-hybridized carbons (Fsp3) is 0.625. The lowest BCUT2D eigenvalue weighted by Gasteiger charge is -2.32. The molecule has 130 valence electrons. The summed E-state index contributed by atoms with van der Waals surface area (Å²) in [6.07, 6.45) is 4.50. The van der Waals surface area contributed by atoms with Gasteiger partial charge in [0.15, 0.2) is 0 Å². The van der Waals surface area contributed by atoms with Crippen molar-refractivity contribution in [3.63, 3.8) is 0 Å². The van der Waals surface area contributed by atoms with Gasteiger partial charge < -0.3 is 5.32 Å². The first-order valence-corrected chi connectivity index (χ1v) is 10.2. The minimum Gasteiger partial charge on any atom is -0.314 e. The fourth-order valence-electron chi connectivity index (χ4n) is 2.96.